The molecule has 4 heteroatoms. The minimum Gasteiger partial charge on any atom is -0.479 e. The van der Waals surface area contributed by atoms with Crippen LogP contribution < -0.4 is 10.1 Å². The van der Waals surface area contributed by atoms with Gasteiger partial charge in [0, 0.05) is 6.54 Å². The van der Waals surface area contributed by atoms with Crippen molar-refractivity contribution in [1.29, 1.82) is 0 Å². The highest BCUT2D eigenvalue weighted by Crippen LogP contribution is 2.25. The smallest absolute Gasteiger partial charge is 0.261 e. The lowest BCUT2D eigenvalue weighted by Crippen LogP contribution is -2.39. The van der Waals surface area contributed by atoms with Crippen molar-refractivity contribution in [3.8, 4) is 5.75 Å². The molecule has 0 aliphatic rings. The van der Waals surface area contributed by atoms with Crippen molar-refractivity contribution >= 4 is 17.5 Å². The van der Waals surface area contributed by atoms with Crippen LogP contribution >= 0.6 is 11.6 Å². The second-order valence-corrected chi connectivity index (χ2v) is 5.91. The van der Waals surface area contributed by atoms with E-state index >= 15 is 0 Å². The Morgan fingerprint density at radius 1 is 1.13 bits per heavy atom. The number of carbonyl (C=O) groups excluding carboxylic acids is 1. The minimum absolute atomic E-state index is 0.116. The van der Waals surface area contributed by atoms with Gasteiger partial charge in [0.2, 0.25) is 0 Å². The Balaban J connectivity index is 1.91. The molecular formula is C19H22ClNO2. The zero-order valence-corrected chi connectivity index (χ0v) is 14.2. The maximum atomic E-state index is 12.3. The molecule has 122 valence electrons. The molecule has 0 fully saturated rings. The van der Waals surface area contributed by atoms with E-state index in [0.717, 1.165) is 0 Å². The molecule has 23 heavy (non-hydrogen) atoms. The van der Waals surface area contributed by atoms with Gasteiger partial charge >= 0.3 is 0 Å². The summed E-state index contributed by atoms with van der Waals surface area (Å²) in [6, 6.07) is 17.3. The second-order valence-electron chi connectivity index (χ2n) is 5.50. The fourth-order valence-electron chi connectivity index (χ4n) is 2.28. The molecule has 1 amide bonds. The zero-order chi connectivity index (χ0) is 16.7. The van der Waals surface area contributed by atoms with Crippen LogP contribution in [0.4, 0.5) is 0 Å². The van der Waals surface area contributed by atoms with Gasteiger partial charge in [-0.3, -0.25) is 4.79 Å². The number of halogens is 1. The van der Waals surface area contributed by atoms with E-state index in [1.54, 1.807) is 12.1 Å². The molecule has 2 aromatic rings. The molecule has 0 saturated carbocycles. The lowest BCUT2D eigenvalue weighted by atomic mass is 10.0. The topological polar surface area (TPSA) is 38.3 Å². The van der Waals surface area contributed by atoms with Gasteiger partial charge < -0.3 is 10.1 Å². The van der Waals surface area contributed by atoms with E-state index in [4.69, 9.17) is 16.3 Å². The molecule has 0 unspecified atom stereocenters. The van der Waals surface area contributed by atoms with Gasteiger partial charge in [-0.25, -0.2) is 0 Å². The maximum Gasteiger partial charge on any atom is 0.261 e. The Hall–Kier alpha value is -2.00. The van der Waals surface area contributed by atoms with Crippen molar-refractivity contribution in [2.75, 3.05) is 6.54 Å². The van der Waals surface area contributed by atoms with Crippen LogP contribution in [0.15, 0.2) is 54.6 Å². The Kier molecular flexibility index (Phi) is 6.48. The van der Waals surface area contributed by atoms with Gasteiger partial charge in [0.15, 0.2) is 6.10 Å². The summed E-state index contributed by atoms with van der Waals surface area (Å²) >= 11 is 6.08. The number of carbonyl (C=O) groups is 1. The third kappa shape index (κ3) is 5.00. The summed E-state index contributed by atoms with van der Waals surface area (Å²) in [5.41, 5.74) is 1.20. The standard InChI is InChI=1S/C19H22ClNO2/c1-3-17(23-18-12-8-7-11-16(18)20)19(22)21-13-14(2)15-9-5-4-6-10-15/h4-12,14,17H,3,13H2,1-2H3,(H,21,22)/t14-,17+/m0/s1. The van der Waals surface area contributed by atoms with Gasteiger partial charge in [0.25, 0.3) is 5.91 Å². The van der Waals surface area contributed by atoms with E-state index in [9.17, 15) is 4.79 Å². The SMILES string of the molecule is CC[C@@H](Oc1ccccc1Cl)C(=O)NC[C@H](C)c1ccccc1. The zero-order valence-electron chi connectivity index (χ0n) is 13.5. The Morgan fingerprint density at radius 2 is 1.78 bits per heavy atom. The Morgan fingerprint density at radius 3 is 2.43 bits per heavy atom. The van der Waals surface area contributed by atoms with Crippen LogP contribution in [0.2, 0.25) is 5.02 Å². The summed E-state index contributed by atoms with van der Waals surface area (Å²) in [6.07, 6.45) is 0.0365. The molecule has 0 heterocycles. The summed E-state index contributed by atoms with van der Waals surface area (Å²) < 4.78 is 5.75. The van der Waals surface area contributed by atoms with Crippen LogP contribution in [0.3, 0.4) is 0 Å². The molecule has 1 N–H and O–H groups in total. The highest BCUT2D eigenvalue weighted by atomic mass is 35.5. The number of hydrogen-bond acceptors (Lipinski definition) is 2. The molecule has 0 aliphatic heterocycles. The molecule has 2 rings (SSSR count). The molecule has 0 bridgehead atoms. The third-order valence-electron chi connectivity index (χ3n) is 3.72. The second kappa shape index (κ2) is 8.59. The fraction of sp³-hybridized carbons (Fsp3) is 0.316. The van der Waals surface area contributed by atoms with Crippen molar-refractivity contribution in [1.82, 2.24) is 5.32 Å². The van der Waals surface area contributed by atoms with Crippen LogP contribution in [0, 0.1) is 0 Å². The number of hydrogen-bond donors (Lipinski definition) is 1. The molecule has 0 saturated heterocycles. The molecule has 0 aromatic heterocycles. The fourth-order valence-corrected chi connectivity index (χ4v) is 2.46. The molecule has 2 atom stereocenters. The molecule has 0 radical (unpaired) electrons. The number of rotatable bonds is 7. The van der Waals surface area contributed by atoms with Crippen LogP contribution in [0.25, 0.3) is 0 Å². The van der Waals surface area contributed by atoms with Crippen molar-refractivity contribution < 1.29 is 9.53 Å². The van der Waals surface area contributed by atoms with Gasteiger partial charge in [-0.1, -0.05) is 67.9 Å². The maximum absolute atomic E-state index is 12.3. The molecule has 3 nitrogen and oxygen atoms in total. The van der Waals surface area contributed by atoms with Crippen molar-refractivity contribution in [3.05, 3.63) is 65.2 Å². The van der Waals surface area contributed by atoms with Crippen LogP contribution in [-0.4, -0.2) is 18.6 Å². The average Bonchev–Trinajstić information content (AvgIpc) is 2.59. The van der Waals surface area contributed by atoms with E-state index in [-0.39, 0.29) is 11.8 Å². The number of ether oxygens (including phenoxy) is 1. The quantitative estimate of drug-likeness (QED) is 0.815. The summed E-state index contributed by atoms with van der Waals surface area (Å²) in [4.78, 5) is 12.3. The van der Waals surface area contributed by atoms with Crippen LogP contribution in [0.5, 0.6) is 5.75 Å². The first kappa shape index (κ1) is 17.4. The third-order valence-corrected chi connectivity index (χ3v) is 4.03. The van der Waals surface area contributed by atoms with Gasteiger partial charge in [0.1, 0.15) is 5.75 Å². The molecule has 2 aromatic carbocycles. The number of benzene rings is 2. The van der Waals surface area contributed by atoms with Gasteiger partial charge in [-0.05, 0) is 30.0 Å². The van der Waals surface area contributed by atoms with Gasteiger partial charge in [-0.15, -0.1) is 0 Å². The predicted molar refractivity (Wildman–Crippen MR) is 94.0 cm³/mol. The summed E-state index contributed by atoms with van der Waals surface area (Å²) in [5.74, 6) is 0.667. The Labute approximate surface area is 142 Å². The van der Waals surface area contributed by atoms with Gasteiger partial charge in [0.05, 0.1) is 5.02 Å². The van der Waals surface area contributed by atoms with E-state index in [2.05, 4.69) is 24.4 Å². The molecular weight excluding hydrogens is 310 g/mol. The van der Waals surface area contributed by atoms with Crippen molar-refractivity contribution in [3.63, 3.8) is 0 Å². The number of amides is 1. The predicted octanol–water partition coefficient (Wildman–Crippen LogP) is 4.42. The molecule has 0 spiro atoms. The highest BCUT2D eigenvalue weighted by molar-refractivity contribution is 6.32. The highest BCUT2D eigenvalue weighted by Gasteiger charge is 2.20. The number of para-hydroxylation sites is 1. The largest absolute Gasteiger partial charge is 0.479 e. The van der Waals surface area contributed by atoms with E-state index in [0.29, 0.717) is 23.7 Å². The lowest BCUT2D eigenvalue weighted by Gasteiger charge is -2.19. The summed E-state index contributed by atoms with van der Waals surface area (Å²) in [7, 11) is 0. The van der Waals surface area contributed by atoms with Crippen LogP contribution in [-0.2, 0) is 4.79 Å². The Bertz CT molecular complexity index is 630. The first-order chi connectivity index (χ1) is 11.1. The first-order valence-corrected chi connectivity index (χ1v) is 8.23. The van der Waals surface area contributed by atoms with Crippen molar-refractivity contribution in [2.24, 2.45) is 0 Å². The lowest BCUT2D eigenvalue weighted by molar-refractivity contribution is -0.128. The first-order valence-electron chi connectivity index (χ1n) is 7.85. The van der Waals surface area contributed by atoms with Crippen molar-refractivity contribution in [2.45, 2.75) is 32.3 Å². The molecule has 0 aliphatic carbocycles. The summed E-state index contributed by atoms with van der Waals surface area (Å²) in [5, 5.41) is 3.48. The van der Waals surface area contributed by atoms with Gasteiger partial charge in [-0.2, -0.15) is 0 Å². The van der Waals surface area contributed by atoms with Crippen LogP contribution in [0.1, 0.15) is 31.7 Å². The number of nitrogens with one attached hydrogen (secondary N) is 1. The van der Waals surface area contributed by atoms with E-state index < -0.39 is 6.10 Å². The normalized spacial score (nSPS) is 13.2. The average molecular weight is 332 g/mol. The summed E-state index contributed by atoms with van der Waals surface area (Å²) in [6.45, 7) is 4.58. The minimum atomic E-state index is -0.544. The monoisotopic (exact) mass is 331 g/mol. The van der Waals surface area contributed by atoms with E-state index in [1.165, 1.54) is 5.56 Å². The van der Waals surface area contributed by atoms with E-state index in [1.807, 2.05) is 37.3 Å².